The van der Waals surface area contributed by atoms with Crippen LogP contribution in [-0.2, 0) is 11.8 Å². The zero-order valence-corrected chi connectivity index (χ0v) is 22.9. The number of amides is 1. The molecule has 0 radical (unpaired) electrons. The van der Waals surface area contributed by atoms with Crippen LogP contribution in [0, 0.1) is 13.8 Å². The van der Waals surface area contributed by atoms with Crippen molar-refractivity contribution in [2.45, 2.75) is 79.6 Å². The first-order valence-corrected chi connectivity index (χ1v) is 12.7. The summed E-state index contributed by atoms with van der Waals surface area (Å²) in [6, 6.07) is 11.2. The first-order chi connectivity index (χ1) is 16.8. The lowest BCUT2D eigenvalue weighted by Crippen LogP contribution is -2.17. The fourth-order valence-electron chi connectivity index (χ4n) is 4.05. The molecule has 4 heteroatoms. The van der Waals surface area contributed by atoms with E-state index in [1.54, 1.807) is 6.20 Å². The number of aromatic nitrogens is 1. The number of nitrogens with zero attached hydrogens (tertiary/aromatic N) is 2. The van der Waals surface area contributed by atoms with E-state index in [0.29, 0.717) is 5.92 Å². The van der Waals surface area contributed by atoms with Gasteiger partial charge in [-0.15, -0.1) is 0 Å². The van der Waals surface area contributed by atoms with Crippen LogP contribution in [0.15, 0.2) is 78.2 Å². The summed E-state index contributed by atoms with van der Waals surface area (Å²) in [4.78, 5) is 15.1. The van der Waals surface area contributed by atoms with Gasteiger partial charge in [-0.3, -0.25) is 9.79 Å². The van der Waals surface area contributed by atoms with Gasteiger partial charge in [-0.2, -0.15) is 0 Å². The van der Waals surface area contributed by atoms with Crippen LogP contribution in [0.4, 0.5) is 0 Å². The summed E-state index contributed by atoms with van der Waals surface area (Å²) in [7, 11) is 2.08. The lowest BCUT2D eigenvalue weighted by atomic mass is 9.87. The minimum absolute atomic E-state index is 0.0359. The Bertz CT molecular complexity index is 1020. The number of unbranched alkanes of at least 4 members (excludes halogenated alkanes) is 1. The van der Waals surface area contributed by atoms with E-state index in [9.17, 15) is 4.79 Å². The minimum atomic E-state index is -0.0359. The molecule has 0 fully saturated rings. The van der Waals surface area contributed by atoms with Gasteiger partial charge in [0.05, 0.1) is 0 Å². The third-order valence-electron chi connectivity index (χ3n) is 6.07. The van der Waals surface area contributed by atoms with Gasteiger partial charge in [0.15, 0.2) is 0 Å². The van der Waals surface area contributed by atoms with E-state index >= 15 is 0 Å². The van der Waals surface area contributed by atoms with E-state index in [2.05, 4.69) is 85.8 Å². The zero-order chi connectivity index (χ0) is 26.2. The average molecular weight is 476 g/mol. The third-order valence-corrected chi connectivity index (χ3v) is 6.07. The van der Waals surface area contributed by atoms with Crippen LogP contribution in [0.1, 0.15) is 88.1 Å². The molecular weight excluding hydrogens is 430 g/mol. The van der Waals surface area contributed by atoms with Crippen molar-refractivity contribution in [2.24, 2.45) is 12.0 Å². The van der Waals surface area contributed by atoms with Gasteiger partial charge in [-0.05, 0) is 70.6 Å². The number of carbonyl (C=O) groups excluding carboxylic acids is 1. The van der Waals surface area contributed by atoms with Gasteiger partial charge in [0.25, 0.3) is 0 Å². The second-order valence-electron chi connectivity index (χ2n) is 8.90. The van der Waals surface area contributed by atoms with Crippen molar-refractivity contribution in [1.82, 2.24) is 9.88 Å². The van der Waals surface area contributed by atoms with Crippen LogP contribution in [0.25, 0.3) is 0 Å². The maximum absolute atomic E-state index is 10.5. The fraction of sp³-hybridized carbons (Fsp3) is 0.419. The molecule has 1 N–H and O–H groups in total. The van der Waals surface area contributed by atoms with Crippen molar-refractivity contribution in [1.29, 1.82) is 0 Å². The highest BCUT2D eigenvalue weighted by Crippen LogP contribution is 2.29. The maximum Gasteiger partial charge on any atom is 0.221 e. The number of carbonyl (C=O) groups is 1. The van der Waals surface area contributed by atoms with Gasteiger partial charge in [0, 0.05) is 49.0 Å². The monoisotopic (exact) mass is 475 g/mol. The summed E-state index contributed by atoms with van der Waals surface area (Å²) in [6.07, 6.45) is 15.2. The number of benzene rings is 1. The van der Waals surface area contributed by atoms with Gasteiger partial charge >= 0.3 is 0 Å². The van der Waals surface area contributed by atoms with Crippen molar-refractivity contribution >= 4 is 11.6 Å². The first-order valence-electron chi connectivity index (χ1n) is 12.7. The van der Waals surface area contributed by atoms with Crippen molar-refractivity contribution in [3.05, 3.63) is 95.6 Å². The highest BCUT2D eigenvalue weighted by Gasteiger charge is 2.15. The molecular formula is C31H45N3O. The number of hydrogen-bond donors (Lipinski definition) is 1. The van der Waals surface area contributed by atoms with E-state index < -0.39 is 0 Å². The normalized spacial score (nSPS) is 12.8. The lowest BCUT2D eigenvalue weighted by molar-refractivity contribution is -0.118. The number of aliphatic imine (C=N–C) groups is 1. The molecule has 1 aromatic heterocycles. The summed E-state index contributed by atoms with van der Waals surface area (Å²) < 4.78 is 2.16. The smallest absolute Gasteiger partial charge is 0.221 e. The van der Waals surface area contributed by atoms with Crippen LogP contribution in [0.2, 0.25) is 0 Å². The summed E-state index contributed by atoms with van der Waals surface area (Å²) in [5.41, 5.74) is 7.33. The highest BCUT2D eigenvalue weighted by atomic mass is 16.1. The van der Waals surface area contributed by atoms with Crippen LogP contribution < -0.4 is 5.32 Å². The van der Waals surface area contributed by atoms with Gasteiger partial charge in [0.2, 0.25) is 5.91 Å². The Labute approximate surface area is 213 Å². The van der Waals surface area contributed by atoms with E-state index in [-0.39, 0.29) is 5.91 Å². The van der Waals surface area contributed by atoms with E-state index in [4.69, 9.17) is 0 Å². The molecule has 0 saturated carbocycles. The highest BCUT2D eigenvalue weighted by molar-refractivity contribution is 6.02. The molecule has 190 valence electrons. The predicted octanol–water partition coefficient (Wildman–Crippen LogP) is 7.93. The number of nitrogens with one attached hydrogen (secondary N) is 1. The average Bonchev–Trinajstić information content (AvgIpc) is 3.16. The van der Waals surface area contributed by atoms with Crippen LogP contribution in [0.3, 0.4) is 0 Å². The Morgan fingerprint density at radius 3 is 2.46 bits per heavy atom. The van der Waals surface area contributed by atoms with Gasteiger partial charge in [0.1, 0.15) is 0 Å². The molecule has 1 atom stereocenters. The summed E-state index contributed by atoms with van der Waals surface area (Å²) >= 11 is 0. The van der Waals surface area contributed by atoms with Crippen molar-refractivity contribution in [3.63, 3.8) is 0 Å². The Morgan fingerprint density at radius 1 is 1.20 bits per heavy atom. The summed E-state index contributed by atoms with van der Waals surface area (Å²) in [6.45, 7) is 15.7. The fourth-order valence-corrected chi connectivity index (χ4v) is 4.05. The molecule has 1 aromatic carbocycles. The second kappa shape index (κ2) is 16.5. The first kappa shape index (κ1) is 29.9. The predicted molar refractivity (Wildman–Crippen MR) is 152 cm³/mol. The molecule has 0 aliphatic rings. The van der Waals surface area contributed by atoms with E-state index in [1.165, 1.54) is 48.6 Å². The zero-order valence-electron chi connectivity index (χ0n) is 22.9. The van der Waals surface area contributed by atoms with Crippen LogP contribution in [0.5, 0.6) is 0 Å². The van der Waals surface area contributed by atoms with Crippen molar-refractivity contribution in [2.75, 3.05) is 0 Å². The minimum Gasteiger partial charge on any atom is -0.354 e. The van der Waals surface area contributed by atoms with Crippen LogP contribution >= 0.6 is 0 Å². The molecule has 0 aliphatic carbocycles. The molecule has 2 rings (SSSR count). The van der Waals surface area contributed by atoms with Crippen molar-refractivity contribution < 1.29 is 4.79 Å². The largest absolute Gasteiger partial charge is 0.354 e. The Hall–Kier alpha value is -3.14. The lowest BCUT2D eigenvalue weighted by Gasteiger charge is -2.18. The Balaban J connectivity index is 0.000000518. The molecule has 1 heterocycles. The molecule has 0 aliphatic heterocycles. The number of aryl methyl sites for hydroxylation is 2. The molecule has 1 unspecified atom stereocenters. The van der Waals surface area contributed by atoms with Crippen LogP contribution in [-0.4, -0.2) is 16.2 Å². The van der Waals surface area contributed by atoms with Crippen molar-refractivity contribution in [3.8, 4) is 0 Å². The molecule has 0 saturated heterocycles. The Morgan fingerprint density at radius 2 is 1.94 bits per heavy atom. The molecule has 0 bridgehead atoms. The quantitative estimate of drug-likeness (QED) is 0.260. The Kier molecular flexibility index (Phi) is 14.1. The maximum atomic E-state index is 10.5. The van der Waals surface area contributed by atoms with E-state index in [0.717, 1.165) is 24.3 Å². The number of allylic oxidation sites excluding steroid dienone is 3. The van der Waals surface area contributed by atoms with Gasteiger partial charge in [-0.1, -0.05) is 68.3 Å². The third kappa shape index (κ3) is 10.8. The van der Waals surface area contributed by atoms with Gasteiger partial charge in [-0.25, -0.2) is 0 Å². The molecule has 0 spiro atoms. The molecule has 35 heavy (non-hydrogen) atoms. The molecule has 1 amide bonds. The standard InChI is InChI=1S/C23H32N2.C8H13NO/c1-6-8-11-20(21-12-9-10-18(3)17-21)13-14-23(24-7-2)22-15-16-25(5)19(22)4;1-4-6-8(5-2)9-7(3)10/h7,9-10,12,15-17,20H,2,6,8,11,13-14H2,1,3-5H3;4-6H,1-3H3,(H,9,10)/b;6-4-,8-5+. The van der Waals surface area contributed by atoms with Gasteiger partial charge < -0.3 is 9.88 Å². The molecule has 2 aromatic rings. The number of hydrogen-bond acceptors (Lipinski definition) is 2. The second-order valence-corrected chi connectivity index (χ2v) is 8.90. The summed E-state index contributed by atoms with van der Waals surface area (Å²) in [5, 5.41) is 2.67. The number of rotatable bonds is 11. The molecule has 4 nitrogen and oxygen atoms in total. The van der Waals surface area contributed by atoms with E-state index in [1.807, 2.05) is 32.1 Å². The topological polar surface area (TPSA) is 46.4 Å². The summed E-state index contributed by atoms with van der Waals surface area (Å²) in [5.74, 6) is 0.560. The SMILES string of the molecule is C/C=C\C(=C/C)NC(C)=O.C=CN=C(CCC(CCCC)c1cccc(C)c1)c1ccn(C)c1C.